The summed E-state index contributed by atoms with van der Waals surface area (Å²) in [6.07, 6.45) is 0. The topological polar surface area (TPSA) is 185 Å². The molecule has 1 aliphatic heterocycles. The highest BCUT2D eigenvalue weighted by Gasteiger charge is 2.34. The zero-order valence-corrected chi connectivity index (χ0v) is 20.8. The van der Waals surface area contributed by atoms with Crippen molar-refractivity contribution in [1.29, 1.82) is 5.26 Å². The highest BCUT2D eigenvalue weighted by atomic mass is 79.9. The molecule has 0 fully saturated rings. The molecule has 12 heteroatoms. The van der Waals surface area contributed by atoms with Crippen molar-refractivity contribution in [2.75, 3.05) is 31.9 Å². The predicted molar refractivity (Wildman–Crippen MR) is 131 cm³/mol. The maximum absolute atomic E-state index is 12.4. The van der Waals surface area contributed by atoms with Crippen molar-refractivity contribution in [2.45, 2.75) is 18.9 Å². The minimum atomic E-state index is -1.11. The van der Waals surface area contributed by atoms with Gasteiger partial charge in [0.05, 0.1) is 36.0 Å². The van der Waals surface area contributed by atoms with Gasteiger partial charge in [0, 0.05) is 12.5 Å². The van der Waals surface area contributed by atoms with Gasteiger partial charge in [0.15, 0.2) is 17.2 Å². The van der Waals surface area contributed by atoms with E-state index in [1.165, 1.54) is 21.1 Å². The molecule has 2 aromatic rings. The summed E-state index contributed by atoms with van der Waals surface area (Å²) < 4.78 is 21.9. The molecule has 3 rings (SSSR count). The molecule has 0 bridgehead atoms. The number of benzene rings is 2. The number of amides is 1. The van der Waals surface area contributed by atoms with Crippen molar-refractivity contribution in [2.24, 2.45) is 11.5 Å². The number of nitrogens with zero attached hydrogens (tertiary/aromatic N) is 1. The highest BCUT2D eigenvalue weighted by molar-refractivity contribution is 9.10. The Kier molecular flexibility index (Phi) is 7.73. The van der Waals surface area contributed by atoms with Gasteiger partial charge in [-0.2, -0.15) is 5.26 Å². The molecule has 0 aliphatic carbocycles. The summed E-state index contributed by atoms with van der Waals surface area (Å²) in [7, 11) is 3.01. The molecule has 7 N–H and O–H groups in total. The second kappa shape index (κ2) is 10.5. The molecule has 184 valence electrons. The first-order valence-electron chi connectivity index (χ1n) is 10.2. The average Bonchev–Trinajstić information content (AvgIpc) is 2.83. The zero-order chi connectivity index (χ0) is 25.9. The Morgan fingerprint density at radius 3 is 2.57 bits per heavy atom. The number of halogens is 1. The summed E-state index contributed by atoms with van der Waals surface area (Å²) in [6, 6.07) is 7.74. The van der Waals surface area contributed by atoms with Crippen molar-refractivity contribution in [3.05, 3.63) is 51.3 Å². The second-order valence-electron chi connectivity index (χ2n) is 7.51. The number of nitrogen functional groups attached to an aromatic ring is 1. The number of esters is 1. The van der Waals surface area contributed by atoms with Gasteiger partial charge in [-0.3, -0.25) is 9.59 Å². The number of anilines is 2. The zero-order valence-electron chi connectivity index (χ0n) is 19.2. The van der Waals surface area contributed by atoms with Crippen LogP contribution >= 0.6 is 15.9 Å². The van der Waals surface area contributed by atoms with E-state index in [2.05, 4.69) is 27.3 Å². The third kappa shape index (κ3) is 5.11. The lowest BCUT2D eigenvalue weighted by atomic mass is 9.83. The number of nitriles is 1. The number of nitrogens with one attached hydrogen (secondary N) is 1. The Morgan fingerprint density at radius 2 is 1.97 bits per heavy atom. The SMILES string of the molecule is COc1cc(C2C(C#N)=C(N)Oc3c2ccc(NC(=O)C(N)COC(C)=O)c3N)cc(Br)c1OC. The summed E-state index contributed by atoms with van der Waals surface area (Å²) >= 11 is 3.47. The number of methoxy groups -OCH3 is 2. The van der Waals surface area contributed by atoms with Crippen molar-refractivity contribution >= 4 is 39.2 Å². The molecule has 0 aromatic heterocycles. The van der Waals surface area contributed by atoms with Crippen LogP contribution in [0.25, 0.3) is 0 Å². The molecule has 1 heterocycles. The van der Waals surface area contributed by atoms with Crippen LogP contribution in [-0.4, -0.2) is 38.7 Å². The number of nitrogens with two attached hydrogens (primary N) is 3. The van der Waals surface area contributed by atoms with E-state index in [0.717, 1.165) is 0 Å². The molecule has 1 aliphatic rings. The molecule has 35 heavy (non-hydrogen) atoms. The molecule has 2 atom stereocenters. The van der Waals surface area contributed by atoms with Gasteiger partial charge in [-0.05, 0) is 39.7 Å². The lowest BCUT2D eigenvalue weighted by molar-refractivity contribution is -0.142. The lowest BCUT2D eigenvalue weighted by Gasteiger charge is -2.29. The van der Waals surface area contributed by atoms with Crippen LogP contribution in [-0.2, 0) is 14.3 Å². The van der Waals surface area contributed by atoms with E-state index in [0.29, 0.717) is 27.1 Å². The van der Waals surface area contributed by atoms with Gasteiger partial charge in [-0.1, -0.05) is 6.07 Å². The maximum atomic E-state index is 12.4. The Morgan fingerprint density at radius 1 is 1.26 bits per heavy atom. The number of rotatable bonds is 7. The number of ether oxygens (including phenoxy) is 4. The number of carbonyl (C=O) groups excluding carboxylic acids is 2. The Labute approximate surface area is 209 Å². The van der Waals surface area contributed by atoms with Gasteiger partial charge in [0.2, 0.25) is 11.8 Å². The van der Waals surface area contributed by atoms with E-state index in [1.807, 2.05) is 0 Å². The largest absolute Gasteiger partial charge is 0.493 e. The molecule has 2 unspecified atom stereocenters. The van der Waals surface area contributed by atoms with Crippen molar-refractivity contribution in [3.63, 3.8) is 0 Å². The van der Waals surface area contributed by atoms with Crippen molar-refractivity contribution in [3.8, 4) is 23.3 Å². The third-order valence-corrected chi connectivity index (χ3v) is 5.86. The molecule has 11 nitrogen and oxygen atoms in total. The first kappa shape index (κ1) is 25.7. The fraction of sp³-hybridized carbons (Fsp3) is 0.261. The fourth-order valence-corrected chi connectivity index (χ4v) is 4.23. The molecular formula is C23H24BrN5O6. The fourth-order valence-electron chi connectivity index (χ4n) is 3.61. The first-order valence-corrected chi connectivity index (χ1v) is 11.0. The van der Waals surface area contributed by atoms with Crippen LogP contribution in [0.2, 0.25) is 0 Å². The van der Waals surface area contributed by atoms with Gasteiger partial charge < -0.3 is 41.5 Å². The number of fused-ring (bicyclic) bond motifs is 1. The summed E-state index contributed by atoms with van der Waals surface area (Å²) in [5.74, 6) is -0.825. The molecule has 0 saturated heterocycles. The van der Waals surface area contributed by atoms with Crippen LogP contribution < -0.4 is 36.7 Å². The van der Waals surface area contributed by atoms with Crippen molar-refractivity contribution in [1.82, 2.24) is 0 Å². The summed E-state index contributed by atoms with van der Waals surface area (Å²) in [6.45, 7) is 0.921. The smallest absolute Gasteiger partial charge is 0.302 e. The van der Waals surface area contributed by atoms with Crippen LogP contribution in [0, 0.1) is 11.3 Å². The highest BCUT2D eigenvalue weighted by Crippen LogP contribution is 2.49. The van der Waals surface area contributed by atoms with Crippen LogP contribution in [0.3, 0.4) is 0 Å². The Hall–Kier alpha value is -3.95. The average molecular weight is 546 g/mol. The van der Waals surface area contributed by atoms with E-state index in [1.54, 1.807) is 24.3 Å². The summed E-state index contributed by atoms with van der Waals surface area (Å²) in [4.78, 5) is 23.4. The van der Waals surface area contributed by atoms with Crippen LogP contribution in [0.4, 0.5) is 11.4 Å². The van der Waals surface area contributed by atoms with Crippen LogP contribution in [0.1, 0.15) is 24.0 Å². The van der Waals surface area contributed by atoms with Gasteiger partial charge in [0.1, 0.15) is 24.3 Å². The number of carbonyl (C=O) groups is 2. The summed E-state index contributed by atoms with van der Waals surface area (Å²) in [5.41, 5.74) is 19.9. The molecule has 0 radical (unpaired) electrons. The summed E-state index contributed by atoms with van der Waals surface area (Å²) in [5, 5.41) is 12.4. The molecule has 0 spiro atoms. The quantitative estimate of drug-likeness (QED) is 0.296. The molecular weight excluding hydrogens is 522 g/mol. The minimum Gasteiger partial charge on any atom is -0.493 e. The second-order valence-corrected chi connectivity index (χ2v) is 8.36. The normalized spacial score (nSPS) is 15.3. The molecule has 2 aromatic carbocycles. The number of hydrogen-bond acceptors (Lipinski definition) is 10. The van der Waals surface area contributed by atoms with E-state index < -0.39 is 23.8 Å². The third-order valence-electron chi connectivity index (χ3n) is 5.27. The molecule has 1 amide bonds. The van der Waals surface area contributed by atoms with Gasteiger partial charge >= 0.3 is 5.97 Å². The Bertz CT molecular complexity index is 1260. The predicted octanol–water partition coefficient (Wildman–Crippen LogP) is 2.10. The van der Waals surface area contributed by atoms with E-state index in [9.17, 15) is 14.9 Å². The molecule has 0 saturated carbocycles. The maximum Gasteiger partial charge on any atom is 0.302 e. The Balaban J connectivity index is 2.05. The minimum absolute atomic E-state index is 0.0834. The van der Waals surface area contributed by atoms with Crippen LogP contribution in [0.5, 0.6) is 17.2 Å². The van der Waals surface area contributed by atoms with Crippen LogP contribution in [0.15, 0.2) is 40.2 Å². The van der Waals surface area contributed by atoms with Gasteiger partial charge in [0.25, 0.3) is 0 Å². The standard InChI is InChI=1S/C23H24BrN5O6/c1-10(30)34-9-15(26)23(31)29-16-5-4-12-18(13(8-25)22(28)35-20(12)19(16)27)11-6-14(24)21(33-3)17(7-11)32-2/h4-7,15,18H,9,26-28H2,1-3H3,(H,29,31). The van der Waals surface area contributed by atoms with E-state index in [-0.39, 0.29) is 35.2 Å². The first-order chi connectivity index (χ1) is 16.6. The van der Waals surface area contributed by atoms with E-state index in [4.69, 9.17) is 36.1 Å². The monoisotopic (exact) mass is 545 g/mol. The number of allylic oxidation sites excluding steroid dienone is 1. The van der Waals surface area contributed by atoms with Gasteiger partial charge in [-0.25, -0.2) is 0 Å². The van der Waals surface area contributed by atoms with E-state index >= 15 is 0 Å². The number of hydrogen-bond donors (Lipinski definition) is 4. The van der Waals surface area contributed by atoms with Crippen molar-refractivity contribution < 1.29 is 28.5 Å². The lowest BCUT2D eigenvalue weighted by Crippen LogP contribution is -2.40. The van der Waals surface area contributed by atoms with Gasteiger partial charge in [-0.15, -0.1) is 0 Å².